The molecule has 2 fully saturated rings. The summed E-state index contributed by atoms with van der Waals surface area (Å²) in [5, 5.41) is 9.14. The molecular weight excluding hydrogens is 334 g/mol. The third-order valence-electron chi connectivity index (χ3n) is 5.72. The lowest BCUT2D eigenvalue weighted by Gasteiger charge is -2.39. The van der Waals surface area contributed by atoms with Crippen LogP contribution >= 0.6 is 0 Å². The maximum absolute atomic E-state index is 12.8. The van der Waals surface area contributed by atoms with Crippen molar-refractivity contribution in [1.29, 1.82) is 0 Å². The summed E-state index contributed by atoms with van der Waals surface area (Å²) in [4.78, 5) is 40.9. The molecule has 1 N–H and O–H groups in total. The van der Waals surface area contributed by atoms with Crippen LogP contribution in [0.5, 0.6) is 0 Å². The average Bonchev–Trinajstić information content (AvgIpc) is 3.04. The van der Waals surface area contributed by atoms with Gasteiger partial charge in [0.15, 0.2) is 0 Å². The number of hydrogen-bond donors (Lipinski definition) is 1. The molecule has 0 bridgehead atoms. The van der Waals surface area contributed by atoms with Crippen molar-refractivity contribution in [2.45, 2.75) is 39.2 Å². The molecule has 1 aromatic heterocycles. The summed E-state index contributed by atoms with van der Waals surface area (Å²) in [6.45, 7) is 4.27. The number of piperidine rings is 1. The molecule has 0 radical (unpaired) electrons. The number of β-amino-alcohol motifs (C(OH)–C–C–N with tert-alkyl or cyclic N) is 1. The number of amides is 2. The summed E-state index contributed by atoms with van der Waals surface area (Å²) in [6, 6.07) is 5.07. The van der Waals surface area contributed by atoms with Gasteiger partial charge in [0.2, 0.25) is 11.8 Å². The van der Waals surface area contributed by atoms with Crippen molar-refractivity contribution in [3.63, 3.8) is 0 Å². The summed E-state index contributed by atoms with van der Waals surface area (Å²) in [6.07, 6.45) is 2.65. The Labute approximate surface area is 153 Å². The van der Waals surface area contributed by atoms with E-state index in [4.69, 9.17) is 5.11 Å². The minimum atomic E-state index is -0.484. The summed E-state index contributed by atoms with van der Waals surface area (Å²) >= 11 is 0. The van der Waals surface area contributed by atoms with Crippen molar-refractivity contribution in [3.05, 3.63) is 34.2 Å². The fourth-order valence-electron chi connectivity index (χ4n) is 4.23. The molecule has 142 valence electrons. The molecule has 1 atom stereocenters. The van der Waals surface area contributed by atoms with E-state index in [0.717, 1.165) is 18.5 Å². The van der Waals surface area contributed by atoms with E-state index in [1.807, 2.05) is 13.0 Å². The summed E-state index contributed by atoms with van der Waals surface area (Å²) in [5.41, 5.74) is 0.255. The Balaban J connectivity index is 1.62. The zero-order chi connectivity index (χ0) is 18.7. The Hall–Kier alpha value is -2.15. The highest BCUT2D eigenvalue weighted by Crippen LogP contribution is 2.40. The van der Waals surface area contributed by atoms with Gasteiger partial charge in [-0.15, -0.1) is 0 Å². The van der Waals surface area contributed by atoms with Crippen molar-refractivity contribution in [2.24, 2.45) is 5.41 Å². The van der Waals surface area contributed by atoms with E-state index < -0.39 is 5.41 Å². The Kier molecular flexibility index (Phi) is 5.46. The van der Waals surface area contributed by atoms with Crippen LogP contribution < -0.4 is 5.56 Å². The van der Waals surface area contributed by atoms with Gasteiger partial charge in [-0.3, -0.25) is 14.4 Å². The summed E-state index contributed by atoms with van der Waals surface area (Å²) < 4.78 is 1.61. The van der Waals surface area contributed by atoms with Crippen LogP contribution in [0.15, 0.2) is 23.0 Å². The molecule has 0 aliphatic carbocycles. The number of likely N-dealkylation sites (tertiary alicyclic amines) is 2. The van der Waals surface area contributed by atoms with Gasteiger partial charge in [-0.25, -0.2) is 0 Å². The molecule has 0 unspecified atom stereocenters. The number of rotatable bonds is 5. The van der Waals surface area contributed by atoms with Crippen molar-refractivity contribution >= 4 is 11.8 Å². The average molecular weight is 361 g/mol. The van der Waals surface area contributed by atoms with Gasteiger partial charge in [0.1, 0.15) is 0 Å². The highest BCUT2D eigenvalue weighted by Gasteiger charge is 2.49. The fraction of sp³-hybridized carbons (Fsp3) is 0.632. The van der Waals surface area contributed by atoms with E-state index in [0.29, 0.717) is 39.1 Å². The predicted molar refractivity (Wildman–Crippen MR) is 96.6 cm³/mol. The number of aliphatic hydroxyl groups is 1. The minimum absolute atomic E-state index is 0.0101. The third-order valence-corrected chi connectivity index (χ3v) is 5.72. The highest BCUT2D eigenvalue weighted by atomic mass is 16.3. The maximum Gasteiger partial charge on any atom is 0.250 e. The van der Waals surface area contributed by atoms with Gasteiger partial charge in [-0.2, -0.15) is 0 Å². The van der Waals surface area contributed by atoms with Crippen molar-refractivity contribution in [2.75, 3.05) is 32.8 Å². The Morgan fingerprint density at radius 3 is 2.73 bits per heavy atom. The number of aromatic nitrogens is 1. The van der Waals surface area contributed by atoms with Crippen molar-refractivity contribution in [3.8, 4) is 0 Å². The number of hydrogen-bond acceptors (Lipinski definition) is 4. The second-order valence-electron chi connectivity index (χ2n) is 7.37. The minimum Gasteiger partial charge on any atom is -0.395 e. The maximum atomic E-state index is 12.8. The smallest absolute Gasteiger partial charge is 0.250 e. The Bertz CT molecular complexity index is 743. The van der Waals surface area contributed by atoms with E-state index in [-0.39, 0.29) is 30.4 Å². The number of pyridine rings is 1. The molecule has 26 heavy (non-hydrogen) atoms. The number of nitrogens with zero attached hydrogens (tertiary/aromatic N) is 3. The van der Waals surface area contributed by atoms with Crippen LogP contribution in [0.3, 0.4) is 0 Å². The van der Waals surface area contributed by atoms with Gasteiger partial charge >= 0.3 is 0 Å². The van der Waals surface area contributed by atoms with Crippen molar-refractivity contribution < 1.29 is 14.7 Å². The van der Waals surface area contributed by atoms with E-state index in [2.05, 4.69) is 0 Å². The van der Waals surface area contributed by atoms with Crippen LogP contribution in [0.2, 0.25) is 0 Å². The van der Waals surface area contributed by atoms with E-state index in [9.17, 15) is 14.4 Å². The molecule has 1 spiro atoms. The molecule has 1 aromatic rings. The topological polar surface area (TPSA) is 82.8 Å². The normalized spacial score (nSPS) is 23.1. The van der Waals surface area contributed by atoms with Crippen LogP contribution in [0.1, 0.15) is 31.4 Å². The molecule has 2 aliphatic heterocycles. The first-order valence-electron chi connectivity index (χ1n) is 9.31. The van der Waals surface area contributed by atoms with Crippen LogP contribution in [0.4, 0.5) is 0 Å². The van der Waals surface area contributed by atoms with Crippen LogP contribution in [-0.4, -0.2) is 64.1 Å². The van der Waals surface area contributed by atoms with E-state index in [1.165, 1.54) is 6.07 Å². The van der Waals surface area contributed by atoms with Gasteiger partial charge in [0, 0.05) is 50.9 Å². The summed E-state index contributed by atoms with van der Waals surface area (Å²) in [7, 11) is 0. The van der Waals surface area contributed by atoms with E-state index >= 15 is 0 Å². The Morgan fingerprint density at radius 2 is 2.00 bits per heavy atom. The third kappa shape index (κ3) is 3.53. The molecule has 7 heteroatoms. The molecule has 3 rings (SSSR count). The van der Waals surface area contributed by atoms with Crippen molar-refractivity contribution in [1.82, 2.24) is 14.4 Å². The molecule has 2 aliphatic rings. The van der Waals surface area contributed by atoms with Gasteiger partial charge in [0.05, 0.1) is 12.0 Å². The molecule has 3 heterocycles. The zero-order valence-electron chi connectivity index (χ0n) is 15.3. The lowest BCUT2D eigenvalue weighted by atomic mass is 9.78. The first kappa shape index (κ1) is 18.6. The quantitative estimate of drug-likeness (QED) is 0.822. The molecule has 0 aromatic carbocycles. The first-order valence-corrected chi connectivity index (χ1v) is 9.31. The second kappa shape index (κ2) is 7.61. The van der Waals surface area contributed by atoms with Crippen LogP contribution in [-0.2, 0) is 16.1 Å². The zero-order valence-corrected chi connectivity index (χ0v) is 15.3. The SMILES string of the molecule is Cc1cccc(=O)n1CCC(=O)N1CC[C@@]2(CCCN(CCO)C2=O)C1. The highest BCUT2D eigenvalue weighted by molar-refractivity contribution is 5.86. The fourth-order valence-corrected chi connectivity index (χ4v) is 4.23. The Morgan fingerprint density at radius 1 is 1.19 bits per heavy atom. The number of carbonyl (C=O) groups excluding carboxylic acids is 2. The van der Waals surface area contributed by atoms with Crippen LogP contribution in [0, 0.1) is 12.3 Å². The lowest BCUT2D eigenvalue weighted by Crippen LogP contribution is -2.51. The van der Waals surface area contributed by atoms with Crippen LogP contribution in [0.25, 0.3) is 0 Å². The molecular formula is C19H27N3O4. The standard InChI is InChI=1S/C19H27N3O4/c1-15-4-2-5-17(25)22(15)10-6-16(24)21-11-8-19(14-21)7-3-9-20(12-13-23)18(19)26/h2,4-5,23H,3,6-14H2,1H3/t19-/m0/s1. The number of aryl methyl sites for hydroxylation is 1. The van der Waals surface area contributed by atoms with Gasteiger partial charge < -0.3 is 19.5 Å². The largest absolute Gasteiger partial charge is 0.395 e. The van der Waals surface area contributed by atoms with Gasteiger partial charge in [-0.05, 0) is 32.3 Å². The number of aliphatic hydroxyl groups excluding tert-OH is 1. The predicted octanol–water partition coefficient (Wildman–Crippen LogP) is 0.380. The first-order chi connectivity index (χ1) is 12.5. The summed E-state index contributed by atoms with van der Waals surface area (Å²) in [5.74, 6) is 0.0623. The molecule has 2 amide bonds. The lowest BCUT2D eigenvalue weighted by molar-refractivity contribution is -0.146. The second-order valence-corrected chi connectivity index (χ2v) is 7.37. The van der Waals surface area contributed by atoms with Gasteiger partial charge in [-0.1, -0.05) is 6.07 Å². The van der Waals surface area contributed by atoms with E-state index in [1.54, 1.807) is 20.4 Å². The molecule has 2 saturated heterocycles. The molecule has 0 saturated carbocycles. The number of carbonyl (C=O) groups is 2. The van der Waals surface area contributed by atoms with Gasteiger partial charge in [0.25, 0.3) is 5.56 Å². The monoisotopic (exact) mass is 361 g/mol. The molecule has 7 nitrogen and oxygen atoms in total.